The number of piperidine rings is 1. The Morgan fingerprint density at radius 1 is 1.30 bits per heavy atom. The fourth-order valence-corrected chi connectivity index (χ4v) is 3.37. The fraction of sp³-hybridized carbons (Fsp3) is 0.667. The van der Waals surface area contributed by atoms with Crippen LogP contribution in [0.5, 0.6) is 0 Å². The van der Waals surface area contributed by atoms with Crippen molar-refractivity contribution in [3.05, 3.63) is 35.4 Å². The lowest BCUT2D eigenvalue weighted by atomic mass is 9.95. The molecule has 1 aromatic carbocycles. The van der Waals surface area contributed by atoms with Gasteiger partial charge in [0.1, 0.15) is 0 Å². The molecule has 2 heteroatoms. The topological polar surface area (TPSA) is 15.3 Å². The predicted octanol–water partition coefficient (Wildman–Crippen LogP) is 3.63. The molecule has 112 valence electrons. The van der Waals surface area contributed by atoms with Crippen molar-refractivity contribution in [1.29, 1.82) is 0 Å². The highest BCUT2D eigenvalue weighted by molar-refractivity contribution is 5.25. The minimum absolute atomic E-state index is 0.547. The highest BCUT2D eigenvalue weighted by atomic mass is 15.2. The third-order valence-electron chi connectivity index (χ3n) is 4.59. The molecule has 2 rings (SSSR count). The van der Waals surface area contributed by atoms with Crippen LogP contribution in [0.25, 0.3) is 0 Å². The number of rotatable bonds is 6. The van der Waals surface area contributed by atoms with E-state index in [2.05, 4.69) is 55.4 Å². The maximum Gasteiger partial charge on any atom is 0.0320 e. The maximum atomic E-state index is 3.33. The summed E-state index contributed by atoms with van der Waals surface area (Å²) in [6, 6.07) is 9.83. The summed E-state index contributed by atoms with van der Waals surface area (Å²) in [5.41, 5.74) is 2.94. The van der Waals surface area contributed by atoms with Gasteiger partial charge in [0.2, 0.25) is 0 Å². The predicted molar refractivity (Wildman–Crippen MR) is 87.1 cm³/mol. The number of hydrogen-bond donors (Lipinski definition) is 1. The zero-order valence-corrected chi connectivity index (χ0v) is 13.4. The normalized spacial score (nSPS) is 21.9. The van der Waals surface area contributed by atoms with Gasteiger partial charge in [-0.3, -0.25) is 4.90 Å². The van der Waals surface area contributed by atoms with Crippen LogP contribution in [0, 0.1) is 5.92 Å². The molecule has 0 radical (unpaired) electrons. The van der Waals surface area contributed by atoms with E-state index in [1.807, 2.05) is 0 Å². The molecule has 1 N–H and O–H groups in total. The Labute approximate surface area is 124 Å². The van der Waals surface area contributed by atoms with Gasteiger partial charge in [-0.15, -0.1) is 0 Å². The molecule has 0 saturated carbocycles. The Bertz CT molecular complexity index is 383. The Hall–Kier alpha value is -0.860. The molecule has 1 saturated heterocycles. The summed E-state index contributed by atoms with van der Waals surface area (Å²) < 4.78 is 0. The number of benzene rings is 1. The highest BCUT2D eigenvalue weighted by Crippen LogP contribution is 2.26. The van der Waals surface area contributed by atoms with Crippen molar-refractivity contribution < 1.29 is 0 Å². The second-order valence-corrected chi connectivity index (χ2v) is 6.23. The Morgan fingerprint density at radius 2 is 2.05 bits per heavy atom. The van der Waals surface area contributed by atoms with Gasteiger partial charge in [-0.25, -0.2) is 0 Å². The van der Waals surface area contributed by atoms with Crippen molar-refractivity contribution in [1.82, 2.24) is 10.2 Å². The second kappa shape index (κ2) is 7.80. The molecule has 1 fully saturated rings. The van der Waals surface area contributed by atoms with Crippen LogP contribution < -0.4 is 5.32 Å². The van der Waals surface area contributed by atoms with E-state index in [-0.39, 0.29) is 0 Å². The van der Waals surface area contributed by atoms with E-state index in [9.17, 15) is 0 Å². The SMILES string of the molecule is CCCc1ccc(C(C)N2CCCC(CNC)C2)cc1. The third-order valence-corrected chi connectivity index (χ3v) is 4.59. The Balaban J connectivity index is 1.97. The van der Waals surface area contributed by atoms with E-state index in [1.165, 1.54) is 49.9 Å². The first-order valence-electron chi connectivity index (χ1n) is 8.22. The second-order valence-electron chi connectivity index (χ2n) is 6.23. The molecular weight excluding hydrogens is 244 g/mol. The molecule has 1 aromatic rings. The summed E-state index contributed by atoms with van der Waals surface area (Å²) in [5.74, 6) is 0.815. The fourth-order valence-electron chi connectivity index (χ4n) is 3.37. The summed E-state index contributed by atoms with van der Waals surface area (Å²) in [5, 5.41) is 3.33. The van der Waals surface area contributed by atoms with Gasteiger partial charge in [-0.2, -0.15) is 0 Å². The first kappa shape index (κ1) is 15.5. The number of aryl methyl sites for hydroxylation is 1. The molecule has 0 aromatic heterocycles. The maximum absolute atomic E-state index is 3.33. The first-order chi connectivity index (χ1) is 9.74. The molecule has 2 nitrogen and oxygen atoms in total. The molecular formula is C18H30N2. The standard InChI is InChI=1S/C18H30N2/c1-4-6-16-8-10-18(11-9-16)15(2)20-12-5-7-17(14-20)13-19-3/h8-11,15,17,19H,4-7,12-14H2,1-3H3. The van der Waals surface area contributed by atoms with Crippen LogP contribution in [0.3, 0.4) is 0 Å². The van der Waals surface area contributed by atoms with E-state index in [4.69, 9.17) is 0 Å². The van der Waals surface area contributed by atoms with Crippen LogP contribution in [-0.4, -0.2) is 31.6 Å². The van der Waals surface area contributed by atoms with Crippen molar-refractivity contribution in [2.75, 3.05) is 26.7 Å². The zero-order valence-electron chi connectivity index (χ0n) is 13.4. The minimum Gasteiger partial charge on any atom is -0.319 e. The highest BCUT2D eigenvalue weighted by Gasteiger charge is 2.23. The summed E-state index contributed by atoms with van der Waals surface area (Å²) in [6.45, 7) is 8.23. The average Bonchev–Trinajstić information content (AvgIpc) is 2.48. The molecule has 0 bridgehead atoms. The number of nitrogens with zero attached hydrogens (tertiary/aromatic N) is 1. The molecule has 1 aliphatic rings. The lowest BCUT2D eigenvalue weighted by Gasteiger charge is -2.37. The number of nitrogens with one attached hydrogen (secondary N) is 1. The Kier molecular flexibility index (Phi) is 6.06. The molecule has 1 heterocycles. The van der Waals surface area contributed by atoms with Crippen molar-refractivity contribution in [2.24, 2.45) is 5.92 Å². The van der Waals surface area contributed by atoms with E-state index in [0.717, 1.165) is 12.5 Å². The molecule has 0 amide bonds. The summed E-state index contributed by atoms with van der Waals surface area (Å²) in [7, 11) is 2.06. The molecule has 0 spiro atoms. The zero-order chi connectivity index (χ0) is 14.4. The Morgan fingerprint density at radius 3 is 2.70 bits per heavy atom. The summed E-state index contributed by atoms with van der Waals surface area (Å²) >= 11 is 0. The van der Waals surface area contributed by atoms with Gasteiger partial charge in [0.05, 0.1) is 0 Å². The van der Waals surface area contributed by atoms with Crippen LogP contribution in [0.2, 0.25) is 0 Å². The third kappa shape index (κ3) is 4.07. The lowest BCUT2D eigenvalue weighted by molar-refractivity contribution is 0.131. The smallest absolute Gasteiger partial charge is 0.0320 e. The van der Waals surface area contributed by atoms with Crippen LogP contribution in [0.1, 0.15) is 50.3 Å². The summed E-state index contributed by atoms with van der Waals surface area (Å²) in [4.78, 5) is 2.65. The van der Waals surface area contributed by atoms with Crippen LogP contribution >= 0.6 is 0 Å². The monoisotopic (exact) mass is 274 g/mol. The van der Waals surface area contributed by atoms with Gasteiger partial charge in [0.15, 0.2) is 0 Å². The first-order valence-corrected chi connectivity index (χ1v) is 8.22. The van der Waals surface area contributed by atoms with Gasteiger partial charge in [0.25, 0.3) is 0 Å². The van der Waals surface area contributed by atoms with E-state index >= 15 is 0 Å². The van der Waals surface area contributed by atoms with Gasteiger partial charge in [-0.1, -0.05) is 37.6 Å². The van der Waals surface area contributed by atoms with E-state index < -0.39 is 0 Å². The minimum atomic E-state index is 0.547. The van der Waals surface area contributed by atoms with Crippen LogP contribution in [0.4, 0.5) is 0 Å². The molecule has 2 unspecified atom stereocenters. The van der Waals surface area contributed by atoms with Crippen molar-refractivity contribution in [2.45, 2.75) is 45.6 Å². The lowest BCUT2D eigenvalue weighted by Crippen LogP contribution is -2.40. The van der Waals surface area contributed by atoms with E-state index in [1.54, 1.807) is 0 Å². The van der Waals surface area contributed by atoms with Gasteiger partial charge < -0.3 is 5.32 Å². The number of hydrogen-bond acceptors (Lipinski definition) is 2. The van der Waals surface area contributed by atoms with Crippen LogP contribution in [-0.2, 0) is 6.42 Å². The van der Waals surface area contributed by atoms with Gasteiger partial charge in [0, 0.05) is 12.6 Å². The average molecular weight is 274 g/mol. The van der Waals surface area contributed by atoms with Gasteiger partial charge in [-0.05, 0) is 63.4 Å². The van der Waals surface area contributed by atoms with Crippen LogP contribution in [0.15, 0.2) is 24.3 Å². The largest absolute Gasteiger partial charge is 0.319 e. The summed E-state index contributed by atoms with van der Waals surface area (Å²) in [6.07, 6.45) is 5.14. The molecule has 1 aliphatic heterocycles. The number of likely N-dealkylation sites (tertiary alicyclic amines) is 1. The molecule has 0 aliphatic carbocycles. The van der Waals surface area contributed by atoms with Gasteiger partial charge >= 0.3 is 0 Å². The van der Waals surface area contributed by atoms with Crippen molar-refractivity contribution in [3.8, 4) is 0 Å². The molecule has 2 atom stereocenters. The van der Waals surface area contributed by atoms with E-state index in [0.29, 0.717) is 6.04 Å². The molecule has 20 heavy (non-hydrogen) atoms. The van der Waals surface area contributed by atoms with Crippen molar-refractivity contribution in [3.63, 3.8) is 0 Å². The quantitative estimate of drug-likeness (QED) is 0.852. The van der Waals surface area contributed by atoms with Crippen molar-refractivity contribution >= 4 is 0 Å².